The summed E-state index contributed by atoms with van der Waals surface area (Å²) in [5.41, 5.74) is -1.07. The average molecular weight is 565 g/mol. The normalized spacial score (nSPS) is 16.1. The largest absolute Gasteiger partial charge is 0.494 e. The van der Waals surface area contributed by atoms with Gasteiger partial charge in [-0.15, -0.1) is 10.2 Å². The van der Waals surface area contributed by atoms with Crippen molar-refractivity contribution in [3.63, 3.8) is 0 Å². The van der Waals surface area contributed by atoms with E-state index in [4.69, 9.17) is 18.6 Å². The van der Waals surface area contributed by atoms with Crippen molar-refractivity contribution in [2.24, 2.45) is 0 Å². The molecule has 13 heteroatoms. The van der Waals surface area contributed by atoms with E-state index in [-0.39, 0.29) is 31.5 Å². The van der Waals surface area contributed by atoms with Gasteiger partial charge in [0.05, 0.1) is 27.4 Å². The minimum atomic E-state index is -4.14. The van der Waals surface area contributed by atoms with Gasteiger partial charge in [0.1, 0.15) is 33.8 Å². The number of anilines is 1. The highest BCUT2D eigenvalue weighted by Crippen LogP contribution is 2.40. The van der Waals surface area contributed by atoms with Gasteiger partial charge in [0, 0.05) is 14.6 Å². The van der Waals surface area contributed by atoms with Crippen molar-refractivity contribution in [2.45, 2.75) is 50.4 Å². The summed E-state index contributed by atoms with van der Waals surface area (Å²) in [5.74, 6) is 2.24. The number of sulfonamides is 1. The van der Waals surface area contributed by atoms with Gasteiger partial charge in [-0.05, 0) is 44.2 Å². The summed E-state index contributed by atoms with van der Waals surface area (Å²) in [5, 5.41) is 18.6. The van der Waals surface area contributed by atoms with E-state index in [1.165, 1.54) is 25.4 Å². The monoisotopic (exact) mass is 564 g/mol. The van der Waals surface area contributed by atoms with Crippen LogP contribution in [-0.4, -0.2) is 81.2 Å². The second-order valence-electron chi connectivity index (χ2n) is 10.7. The number of benzene rings is 1. The molecule has 38 heavy (non-hydrogen) atoms. The minimum absolute atomic E-state index is 0.0470. The van der Waals surface area contributed by atoms with Gasteiger partial charge in [-0.25, -0.2) is 12.7 Å². The number of rotatable bonds is 11. The molecule has 2 aromatic heterocycles. The topological polar surface area (TPSA) is 129 Å². The number of ether oxygens (including phenoxy) is 3. The Morgan fingerprint density at radius 2 is 1.76 bits per heavy atom. The standard InChI is InChI=1S/C25H36N4O7SSi/c1-17-11-12-21(36-17)23-26-27-24(29(23)22-19(33-3)9-8-10-20(22)34-4)28(13-14-38(5,6)7)37(31,32)18(2)25(30)15-35-16-25/h8-12,18,30H,13-16H2,1-7H3/t18-/m0/s1. The van der Waals surface area contributed by atoms with Gasteiger partial charge in [-0.2, -0.15) is 0 Å². The number of furan rings is 1. The molecule has 1 aromatic carbocycles. The fourth-order valence-corrected chi connectivity index (χ4v) is 7.02. The van der Waals surface area contributed by atoms with Crippen LogP contribution in [0.25, 0.3) is 17.3 Å². The molecule has 0 spiro atoms. The predicted molar refractivity (Wildman–Crippen MR) is 147 cm³/mol. The summed E-state index contributed by atoms with van der Waals surface area (Å²) >= 11 is 0. The highest BCUT2D eigenvalue weighted by molar-refractivity contribution is 7.93. The molecule has 1 N–H and O–H groups in total. The minimum Gasteiger partial charge on any atom is -0.494 e. The lowest BCUT2D eigenvalue weighted by Crippen LogP contribution is -2.62. The van der Waals surface area contributed by atoms with Crippen LogP contribution in [0.3, 0.4) is 0 Å². The molecule has 0 amide bonds. The molecule has 1 fully saturated rings. The molecule has 0 bridgehead atoms. The Bertz CT molecular complexity index is 1370. The summed E-state index contributed by atoms with van der Waals surface area (Å²) in [4.78, 5) is 0. The molecule has 4 rings (SSSR count). The SMILES string of the molecule is COc1cccc(OC)c1-n1c(-c2ccc(C)o2)nnc1N(CC[Si](C)(C)C)S(=O)(=O)[C@@H](C)C1(O)COC1. The number of aromatic nitrogens is 3. The summed E-state index contributed by atoms with van der Waals surface area (Å²) in [6, 6.07) is 9.46. The van der Waals surface area contributed by atoms with E-state index in [9.17, 15) is 13.5 Å². The third kappa shape index (κ3) is 5.20. The smallest absolute Gasteiger partial charge is 0.246 e. The Balaban J connectivity index is 1.99. The van der Waals surface area contributed by atoms with Crippen LogP contribution in [0.2, 0.25) is 25.7 Å². The predicted octanol–water partition coefficient (Wildman–Crippen LogP) is 3.48. The average Bonchev–Trinajstić information content (AvgIpc) is 3.46. The maximum Gasteiger partial charge on any atom is 0.246 e. The van der Waals surface area contributed by atoms with Crippen molar-refractivity contribution in [2.75, 3.05) is 38.3 Å². The Hall–Kier alpha value is -2.87. The molecule has 0 saturated carbocycles. The van der Waals surface area contributed by atoms with Gasteiger partial charge in [-0.3, -0.25) is 4.57 Å². The van der Waals surface area contributed by atoms with E-state index in [0.29, 0.717) is 34.8 Å². The lowest BCUT2D eigenvalue weighted by molar-refractivity contribution is -0.176. The molecule has 0 aliphatic carbocycles. The van der Waals surface area contributed by atoms with Crippen LogP contribution in [0.5, 0.6) is 11.5 Å². The van der Waals surface area contributed by atoms with Crippen molar-refractivity contribution < 1.29 is 32.2 Å². The fraction of sp³-hybridized carbons (Fsp3) is 0.520. The summed E-state index contributed by atoms with van der Waals surface area (Å²) in [7, 11) is -2.81. The van der Waals surface area contributed by atoms with Gasteiger partial charge in [0.15, 0.2) is 5.76 Å². The Morgan fingerprint density at radius 1 is 1.13 bits per heavy atom. The molecule has 1 aliphatic rings. The third-order valence-electron chi connectivity index (χ3n) is 6.73. The molecule has 3 aromatic rings. The molecule has 0 radical (unpaired) electrons. The van der Waals surface area contributed by atoms with E-state index in [1.807, 2.05) is 6.92 Å². The van der Waals surface area contributed by atoms with Crippen LogP contribution >= 0.6 is 0 Å². The molecular formula is C25H36N4O7SSi. The summed E-state index contributed by atoms with van der Waals surface area (Å²) in [6.45, 7) is 9.85. The maximum absolute atomic E-state index is 14.2. The third-order valence-corrected chi connectivity index (χ3v) is 10.8. The van der Waals surface area contributed by atoms with Gasteiger partial charge in [-0.1, -0.05) is 25.7 Å². The van der Waals surface area contributed by atoms with Crippen LogP contribution in [-0.2, 0) is 14.8 Å². The van der Waals surface area contributed by atoms with E-state index < -0.39 is 28.9 Å². The molecule has 1 atom stereocenters. The molecule has 11 nitrogen and oxygen atoms in total. The highest BCUT2D eigenvalue weighted by atomic mass is 32.2. The number of nitrogens with zero attached hydrogens (tertiary/aromatic N) is 4. The maximum atomic E-state index is 14.2. The van der Waals surface area contributed by atoms with Crippen LogP contribution in [0, 0.1) is 6.92 Å². The van der Waals surface area contributed by atoms with Crippen molar-refractivity contribution in [3.05, 3.63) is 36.1 Å². The zero-order valence-electron chi connectivity index (χ0n) is 22.9. The first-order valence-corrected chi connectivity index (χ1v) is 17.6. The number of methoxy groups -OCH3 is 2. The van der Waals surface area contributed by atoms with Crippen LogP contribution in [0.15, 0.2) is 34.7 Å². The lowest BCUT2D eigenvalue weighted by atomic mass is 9.99. The molecule has 1 aliphatic heterocycles. The first-order valence-electron chi connectivity index (χ1n) is 12.4. The Kier molecular flexibility index (Phi) is 7.67. The van der Waals surface area contributed by atoms with Gasteiger partial charge in [0.2, 0.25) is 21.8 Å². The number of aliphatic hydroxyl groups is 1. The van der Waals surface area contributed by atoms with Crippen molar-refractivity contribution >= 4 is 24.0 Å². The number of aryl methyl sites for hydroxylation is 1. The molecule has 0 unspecified atom stereocenters. The second-order valence-corrected chi connectivity index (χ2v) is 18.5. The molecule has 1 saturated heterocycles. The highest BCUT2D eigenvalue weighted by Gasteiger charge is 2.51. The molecular weight excluding hydrogens is 528 g/mol. The van der Waals surface area contributed by atoms with Crippen molar-refractivity contribution in [3.8, 4) is 28.8 Å². The van der Waals surface area contributed by atoms with Crippen molar-refractivity contribution in [1.82, 2.24) is 14.8 Å². The molecule has 3 heterocycles. The molecule has 208 valence electrons. The lowest BCUT2D eigenvalue weighted by Gasteiger charge is -2.42. The van der Waals surface area contributed by atoms with Crippen LogP contribution in [0.4, 0.5) is 5.95 Å². The number of hydrogen-bond acceptors (Lipinski definition) is 9. The van der Waals surface area contributed by atoms with E-state index in [0.717, 1.165) is 0 Å². The Labute approximate surface area is 224 Å². The van der Waals surface area contributed by atoms with Gasteiger partial charge >= 0.3 is 0 Å². The first kappa shape index (κ1) is 28.1. The van der Waals surface area contributed by atoms with Gasteiger partial charge < -0.3 is 23.7 Å². The van der Waals surface area contributed by atoms with Crippen LogP contribution < -0.4 is 13.8 Å². The fourth-order valence-electron chi connectivity index (χ4n) is 4.20. The van der Waals surface area contributed by atoms with E-state index in [2.05, 4.69) is 29.8 Å². The van der Waals surface area contributed by atoms with E-state index in [1.54, 1.807) is 34.9 Å². The van der Waals surface area contributed by atoms with Crippen molar-refractivity contribution in [1.29, 1.82) is 0 Å². The Morgan fingerprint density at radius 3 is 2.24 bits per heavy atom. The zero-order valence-corrected chi connectivity index (χ0v) is 24.7. The zero-order chi connectivity index (χ0) is 27.9. The van der Waals surface area contributed by atoms with Crippen LogP contribution in [0.1, 0.15) is 12.7 Å². The second kappa shape index (κ2) is 10.4. The van der Waals surface area contributed by atoms with Gasteiger partial charge in [0.25, 0.3) is 0 Å². The van der Waals surface area contributed by atoms with E-state index >= 15 is 0 Å². The number of para-hydroxylation sites is 1. The summed E-state index contributed by atoms with van der Waals surface area (Å²) < 4.78 is 53.6. The number of hydrogen-bond donors (Lipinski definition) is 1. The summed E-state index contributed by atoms with van der Waals surface area (Å²) in [6.07, 6.45) is 0. The first-order chi connectivity index (χ1) is 17.8. The quantitative estimate of drug-likeness (QED) is 0.348.